The van der Waals surface area contributed by atoms with Crippen LogP contribution in [-0.4, -0.2) is 39.8 Å². The number of benzene rings is 3. The second-order valence-corrected chi connectivity index (χ2v) is 10.4. The summed E-state index contributed by atoms with van der Waals surface area (Å²) in [5.41, 5.74) is 4.95. The molecule has 1 amide bonds. The number of anilines is 1. The number of hydrogen-bond acceptors (Lipinski definition) is 8. The minimum Gasteiger partial charge on any atom is -0.497 e. The van der Waals surface area contributed by atoms with E-state index < -0.39 is 5.92 Å². The van der Waals surface area contributed by atoms with Gasteiger partial charge in [-0.05, 0) is 78.9 Å². The van der Waals surface area contributed by atoms with Crippen molar-refractivity contribution in [1.29, 1.82) is 0 Å². The van der Waals surface area contributed by atoms with Crippen molar-refractivity contribution in [2.45, 2.75) is 31.6 Å². The van der Waals surface area contributed by atoms with Gasteiger partial charge in [0.05, 0.1) is 21.3 Å². The summed E-state index contributed by atoms with van der Waals surface area (Å²) < 4.78 is 27.3. The Kier molecular flexibility index (Phi) is 7.24. The zero-order valence-corrected chi connectivity index (χ0v) is 23.9. The summed E-state index contributed by atoms with van der Waals surface area (Å²) in [4.78, 5) is 27.9. The molecule has 2 unspecified atom stereocenters. The number of ketones is 1. The largest absolute Gasteiger partial charge is 0.497 e. The summed E-state index contributed by atoms with van der Waals surface area (Å²) in [6, 6.07) is 18.5. The van der Waals surface area contributed by atoms with Crippen molar-refractivity contribution in [2.24, 2.45) is 0 Å². The Morgan fingerprint density at radius 2 is 1.60 bits per heavy atom. The molecule has 2 aliphatic heterocycles. The first-order valence-corrected chi connectivity index (χ1v) is 13.7. The zero-order valence-electron chi connectivity index (χ0n) is 23.9. The SMILES string of the molecule is COc1ccc(NC(=O)C2=C(C)NC3=C(C(=O)CC(c4ccc(OC)c(OC)c4)C3)C2c2ccc3c(c2)OCO3)cc1. The lowest BCUT2D eigenvalue weighted by atomic mass is 9.71. The van der Waals surface area contributed by atoms with E-state index in [2.05, 4.69) is 10.6 Å². The molecule has 0 aromatic heterocycles. The fourth-order valence-electron chi connectivity index (χ4n) is 5.98. The Balaban J connectivity index is 1.39. The predicted octanol–water partition coefficient (Wildman–Crippen LogP) is 5.44. The quantitative estimate of drug-likeness (QED) is 0.388. The van der Waals surface area contributed by atoms with Crippen LogP contribution in [0.1, 0.15) is 42.7 Å². The van der Waals surface area contributed by atoms with Gasteiger partial charge in [0.1, 0.15) is 5.75 Å². The number of fused-ring (bicyclic) bond motifs is 1. The topological polar surface area (TPSA) is 104 Å². The number of Topliss-reactive ketones (excluding diaryl/α,β-unsaturated/α-hetero) is 1. The van der Waals surface area contributed by atoms with E-state index in [1.807, 2.05) is 43.3 Å². The van der Waals surface area contributed by atoms with E-state index in [9.17, 15) is 9.59 Å². The highest BCUT2D eigenvalue weighted by Gasteiger charge is 2.41. The highest BCUT2D eigenvalue weighted by atomic mass is 16.7. The maximum atomic E-state index is 14.0. The van der Waals surface area contributed by atoms with Crippen molar-refractivity contribution in [3.8, 4) is 28.7 Å². The van der Waals surface area contributed by atoms with Gasteiger partial charge < -0.3 is 34.3 Å². The van der Waals surface area contributed by atoms with Crippen molar-refractivity contribution in [2.75, 3.05) is 33.4 Å². The number of methoxy groups -OCH3 is 3. The van der Waals surface area contributed by atoms with E-state index in [0.29, 0.717) is 64.1 Å². The van der Waals surface area contributed by atoms with Crippen molar-refractivity contribution in [3.05, 3.63) is 94.3 Å². The highest BCUT2D eigenvalue weighted by Crippen LogP contribution is 2.48. The second kappa shape index (κ2) is 11.2. The molecule has 9 nitrogen and oxygen atoms in total. The van der Waals surface area contributed by atoms with Gasteiger partial charge in [0, 0.05) is 40.6 Å². The van der Waals surface area contributed by atoms with Crippen LogP contribution in [0.5, 0.6) is 28.7 Å². The summed E-state index contributed by atoms with van der Waals surface area (Å²) in [5, 5.41) is 6.44. The molecular formula is C33H32N2O7. The number of allylic oxidation sites excluding steroid dienone is 3. The average molecular weight is 569 g/mol. The van der Waals surface area contributed by atoms with Crippen molar-refractivity contribution < 1.29 is 33.3 Å². The van der Waals surface area contributed by atoms with Gasteiger partial charge in [-0.1, -0.05) is 12.1 Å². The lowest BCUT2D eigenvalue weighted by Gasteiger charge is -2.37. The Labute approximate surface area is 244 Å². The smallest absolute Gasteiger partial charge is 0.254 e. The number of amides is 1. The molecule has 0 bridgehead atoms. The number of rotatable bonds is 7. The van der Waals surface area contributed by atoms with Crippen LogP contribution in [0.3, 0.4) is 0 Å². The van der Waals surface area contributed by atoms with Crippen molar-refractivity contribution in [1.82, 2.24) is 5.32 Å². The van der Waals surface area contributed by atoms with E-state index in [0.717, 1.165) is 16.8 Å². The molecule has 2 atom stereocenters. The third-order valence-electron chi connectivity index (χ3n) is 8.03. The van der Waals surface area contributed by atoms with Gasteiger partial charge in [0.15, 0.2) is 28.8 Å². The second-order valence-electron chi connectivity index (χ2n) is 10.4. The zero-order chi connectivity index (χ0) is 29.4. The minimum absolute atomic E-state index is 0.0200. The first-order valence-electron chi connectivity index (χ1n) is 13.7. The monoisotopic (exact) mass is 568 g/mol. The molecular weight excluding hydrogens is 536 g/mol. The Bertz CT molecular complexity index is 1620. The van der Waals surface area contributed by atoms with E-state index in [1.54, 1.807) is 45.6 Å². The van der Waals surface area contributed by atoms with E-state index in [1.165, 1.54) is 0 Å². The molecule has 1 aliphatic carbocycles. The Morgan fingerprint density at radius 1 is 0.857 bits per heavy atom. The van der Waals surface area contributed by atoms with E-state index >= 15 is 0 Å². The standard InChI is InChI=1S/C33H32N2O7/c1-18-30(33(37)35-22-7-9-23(38-2)10-8-22)31(20-6-12-27-29(16-20)42-17-41-27)32-24(34-18)13-21(14-25(32)36)19-5-11-26(39-3)28(15-19)40-4/h5-12,15-16,21,31,34H,13-14,17H2,1-4H3,(H,35,37). The third-order valence-corrected chi connectivity index (χ3v) is 8.03. The van der Waals surface area contributed by atoms with Gasteiger partial charge in [-0.3, -0.25) is 9.59 Å². The summed E-state index contributed by atoms with van der Waals surface area (Å²) in [6.45, 7) is 2.00. The predicted molar refractivity (Wildman–Crippen MR) is 156 cm³/mol. The molecule has 9 heteroatoms. The number of ether oxygens (including phenoxy) is 5. The molecule has 3 aliphatic rings. The van der Waals surface area contributed by atoms with Crippen molar-refractivity contribution in [3.63, 3.8) is 0 Å². The summed E-state index contributed by atoms with van der Waals surface area (Å²) >= 11 is 0. The van der Waals surface area contributed by atoms with Gasteiger partial charge in [0.25, 0.3) is 5.91 Å². The first kappa shape index (κ1) is 27.3. The number of carbonyl (C=O) groups excluding carboxylic acids is 2. The number of carbonyl (C=O) groups is 2. The molecule has 216 valence electrons. The van der Waals surface area contributed by atoms with Gasteiger partial charge in [-0.15, -0.1) is 0 Å². The summed E-state index contributed by atoms with van der Waals surface area (Å²) in [7, 11) is 4.78. The van der Waals surface area contributed by atoms with Crippen LogP contribution in [-0.2, 0) is 9.59 Å². The lowest BCUT2D eigenvalue weighted by Crippen LogP contribution is -2.37. The first-order chi connectivity index (χ1) is 20.4. The third kappa shape index (κ3) is 4.91. The fraction of sp³-hybridized carbons (Fsp3) is 0.273. The van der Waals surface area contributed by atoms with Gasteiger partial charge in [-0.2, -0.15) is 0 Å². The van der Waals surface area contributed by atoms with E-state index in [-0.39, 0.29) is 24.4 Å². The van der Waals surface area contributed by atoms with Gasteiger partial charge in [0.2, 0.25) is 6.79 Å². The summed E-state index contributed by atoms with van der Waals surface area (Å²) in [5.74, 6) is 2.19. The van der Waals surface area contributed by atoms with Crippen LogP contribution in [0.15, 0.2) is 83.2 Å². The maximum absolute atomic E-state index is 14.0. The molecule has 0 fully saturated rings. The normalized spacial score (nSPS) is 19.2. The molecule has 2 heterocycles. The molecule has 0 spiro atoms. The number of hydrogen-bond donors (Lipinski definition) is 2. The molecule has 2 N–H and O–H groups in total. The van der Waals surface area contributed by atoms with E-state index in [4.69, 9.17) is 23.7 Å². The van der Waals surface area contributed by atoms with Crippen LogP contribution < -0.4 is 34.3 Å². The molecule has 0 radical (unpaired) electrons. The van der Waals surface area contributed by atoms with Crippen LogP contribution in [0.2, 0.25) is 0 Å². The highest BCUT2D eigenvalue weighted by molar-refractivity contribution is 6.10. The maximum Gasteiger partial charge on any atom is 0.254 e. The molecule has 0 saturated heterocycles. The van der Waals surface area contributed by atoms with Crippen LogP contribution in [0.25, 0.3) is 0 Å². The summed E-state index contributed by atoms with van der Waals surface area (Å²) in [6.07, 6.45) is 0.895. The van der Waals surface area contributed by atoms with Gasteiger partial charge in [-0.25, -0.2) is 0 Å². The van der Waals surface area contributed by atoms with Gasteiger partial charge >= 0.3 is 0 Å². The number of dihydropyridines is 1. The van der Waals surface area contributed by atoms with Crippen LogP contribution in [0.4, 0.5) is 5.69 Å². The van der Waals surface area contributed by atoms with Crippen LogP contribution >= 0.6 is 0 Å². The molecule has 3 aromatic carbocycles. The minimum atomic E-state index is -0.590. The van der Waals surface area contributed by atoms with Crippen LogP contribution in [0, 0.1) is 0 Å². The molecule has 3 aromatic rings. The Morgan fingerprint density at radius 3 is 2.33 bits per heavy atom. The lowest BCUT2D eigenvalue weighted by molar-refractivity contribution is -0.116. The van der Waals surface area contributed by atoms with Crippen molar-refractivity contribution >= 4 is 17.4 Å². The molecule has 42 heavy (non-hydrogen) atoms. The molecule has 0 saturated carbocycles. The number of nitrogens with one attached hydrogen (secondary N) is 2. The molecule has 6 rings (SSSR count). The Hall–Kier alpha value is -4.92. The average Bonchev–Trinajstić information content (AvgIpc) is 3.48. The fourth-order valence-corrected chi connectivity index (χ4v) is 5.98.